The molecule has 0 aliphatic rings. The lowest BCUT2D eigenvalue weighted by molar-refractivity contribution is 0.679. The molecule has 2 N–H and O–H groups in total. The zero-order valence-corrected chi connectivity index (χ0v) is 12.8. The van der Waals surface area contributed by atoms with E-state index in [1.807, 2.05) is 6.07 Å². The number of halogens is 3. The summed E-state index contributed by atoms with van der Waals surface area (Å²) in [6.45, 7) is 0.533. The Kier molecular flexibility index (Phi) is 3.66. The molecule has 0 bridgehead atoms. The zero-order valence-electron chi connectivity index (χ0n) is 7.99. The Balaban J connectivity index is 2.30. The van der Waals surface area contributed by atoms with Gasteiger partial charge in [-0.1, -0.05) is 0 Å². The summed E-state index contributed by atoms with van der Waals surface area (Å²) in [5.41, 5.74) is 6.71. The van der Waals surface area contributed by atoms with Crippen LogP contribution in [0.15, 0.2) is 31.9 Å². The van der Waals surface area contributed by atoms with Gasteiger partial charge in [-0.15, -0.1) is 0 Å². The van der Waals surface area contributed by atoms with Crippen molar-refractivity contribution >= 4 is 53.6 Å². The number of pyridine rings is 1. The Morgan fingerprint density at radius 1 is 1.19 bits per heavy atom. The Bertz CT molecular complexity index is 523. The first kappa shape index (κ1) is 12.1. The van der Waals surface area contributed by atoms with Crippen molar-refractivity contribution in [2.75, 3.05) is 5.73 Å². The number of nitrogen functional groups attached to an aromatic ring is 1. The summed E-state index contributed by atoms with van der Waals surface area (Å²) >= 11 is 10.1. The summed E-state index contributed by atoms with van der Waals surface area (Å²) < 4.78 is 4.33. The first-order valence-corrected chi connectivity index (χ1v) is 6.72. The van der Waals surface area contributed by atoms with Crippen molar-refractivity contribution < 1.29 is 0 Å². The summed E-state index contributed by atoms with van der Waals surface area (Å²) in [6.07, 6.45) is 3.41. The normalized spacial score (nSPS) is 10.7. The molecule has 0 aliphatic carbocycles. The summed E-state index contributed by atoms with van der Waals surface area (Å²) in [5.74, 6) is 0.594. The van der Waals surface area contributed by atoms with E-state index in [4.69, 9.17) is 5.73 Å². The van der Waals surface area contributed by atoms with Gasteiger partial charge in [0.2, 0.25) is 0 Å². The van der Waals surface area contributed by atoms with Crippen LogP contribution in [-0.2, 0) is 6.54 Å². The van der Waals surface area contributed by atoms with Crippen LogP contribution in [0.5, 0.6) is 0 Å². The smallest absolute Gasteiger partial charge is 0.136 e. The van der Waals surface area contributed by atoms with E-state index in [-0.39, 0.29) is 0 Å². The van der Waals surface area contributed by atoms with Crippen molar-refractivity contribution in [3.63, 3.8) is 0 Å². The molecular formula is C9H7Br3N4. The van der Waals surface area contributed by atoms with Crippen LogP contribution < -0.4 is 5.73 Å². The third kappa shape index (κ3) is 2.46. The van der Waals surface area contributed by atoms with Gasteiger partial charge in [0.1, 0.15) is 5.82 Å². The fourth-order valence-electron chi connectivity index (χ4n) is 1.20. The molecule has 0 saturated heterocycles. The first-order valence-electron chi connectivity index (χ1n) is 4.34. The van der Waals surface area contributed by atoms with E-state index >= 15 is 0 Å². The Morgan fingerprint density at radius 2 is 1.94 bits per heavy atom. The van der Waals surface area contributed by atoms with Gasteiger partial charge < -0.3 is 5.73 Å². The second kappa shape index (κ2) is 4.85. The summed E-state index contributed by atoms with van der Waals surface area (Å²) in [6, 6.07) is 1.94. The summed E-state index contributed by atoms with van der Waals surface area (Å²) in [5, 5.41) is 4.15. The van der Waals surface area contributed by atoms with E-state index in [1.54, 1.807) is 17.1 Å². The second-order valence-electron chi connectivity index (χ2n) is 3.12. The number of nitrogens with zero attached hydrogens (tertiary/aromatic N) is 3. The highest BCUT2D eigenvalue weighted by Crippen LogP contribution is 2.23. The number of rotatable bonds is 2. The molecule has 2 heterocycles. The van der Waals surface area contributed by atoms with E-state index in [9.17, 15) is 0 Å². The molecule has 0 spiro atoms. The lowest BCUT2D eigenvalue weighted by Crippen LogP contribution is -2.07. The Labute approximate surface area is 118 Å². The fourth-order valence-corrected chi connectivity index (χ4v) is 2.61. The van der Waals surface area contributed by atoms with Gasteiger partial charge in [-0.3, -0.25) is 4.98 Å². The topological polar surface area (TPSA) is 56.7 Å². The molecule has 0 radical (unpaired) electrons. The highest BCUT2D eigenvalue weighted by Gasteiger charge is 2.08. The largest absolute Gasteiger partial charge is 0.383 e. The van der Waals surface area contributed by atoms with Crippen molar-refractivity contribution in [2.45, 2.75) is 6.54 Å². The van der Waals surface area contributed by atoms with Crippen LogP contribution in [0.1, 0.15) is 5.69 Å². The number of hydrogen-bond acceptors (Lipinski definition) is 3. The van der Waals surface area contributed by atoms with Crippen molar-refractivity contribution in [1.82, 2.24) is 14.8 Å². The number of hydrogen-bond donors (Lipinski definition) is 1. The van der Waals surface area contributed by atoms with E-state index in [1.165, 1.54) is 0 Å². The quantitative estimate of drug-likeness (QED) is 0.827. The van der Waals surface area contributed by atoms with Crippen LogP contribution in [0.4, 0.5) is 5.82 Å². The number of nitrogens with two attached hydrogens (primary N) is 1. The monoisotopic (exact) mass is 408 g/mol. The van der Waals surface area contributed by atoms with Crippen LogP contribution in [-0.4, -0.2) is 14.8 Å². The minimum absolute atomic E-state index is 0.533. The van der Waals surface area contributed by atoms with Gasteiger partial charge in [-0.25, -0.2) is 4.68 Å². The molecule has 2 rings (SSSR count). The molecule has 0 aromatic carbocycles. The van der Waals surface area contributed by atoms with Crippen LogP contribution in [0.25, 0.3) is 0 Å². The summed E-state index contributed by atoms with van der Waals surface area (Å²) in [4.78, 5) is 4.30. The second-order valence-corrected chi connectivity index (χ2v) is 5.74. The Hall–Kier alpha value is -0.400. The lowest BCUT2D eigenvalue weighted by atomic mass is 10.3. The molecule has 0 saturated carbocycles. The van der Waals surface area contributed by atoms with Crippen molar-refractivity contribution in [3.8, 4) is 0 Å². The minimum Gasteiger partial charge on any atom is -0.383 e. The highest BCUT2D eigenvalue weighted by molar-refractivity contribution is 9.11. The number of aromatic nitrogens is 3. The van der Waals surface area contributed by atoms with Crippen molar-refractivity contribution in [1.29, 1.82) is 0 Å². The molecular weight excluding hydrogens is 404 g/mol. The van der Waals surface area contributed by atoms with E-state index in [2.05, 4.69) is 57.9 Å². The third-order valence-corrected chi connectivity index (χ3v) is 3.75. The van der Waals surface area contributed by atoms with Crippen LogP contribution in [0.2, 0.25) is 0 Å². The van der Waals surface area contributed by atoms with E-state index in [0.717, 1.165) is 19.1 Å². The Morgan fingerprint density at radius 3 is 2.50 bits per heavy atom. The van der Waals surface area contributed by atoms with Gasteiger partial charge >= 0.3 is 0 Å². The van der Waals surface area contributed by atoms with Crippen molar-refractivity contribution in [3.05, 3.63) is 37.6 Å². The van der Waals surface area contributed by atoms with E-state index < -0.39 is 0 Å². The molecule has 0 unspecified atom stereocenters. The maximum atomic E-state index is 5.83. The van der Waals surface area contributed by atoms with Gasteiger partial charge in [0.25, 0.3) is 0 Å². The van der Waals surface area contributed by atoms with Crippen LogP contribution in [0, 0.1) is 0 Å². The minimum atomic E-state index is 0.533. The average Bonchev–Trinajstić information content (AvgIpc) is 2.54. The zero-order chi connectivity index (χ0) is 11.7. The molecule has 0 aliphatic heterocycles. The molecule has 0 atom stereocenters. The molecule has 4 nitrogen and oxygen atoms in total. The molecule has 7 heteroatoms. The maximum Gasteiger partial charge on any atom is 0.136 e. The molecule has 2 aromatic rings. The molecule has 0 amide bonds. The van der Waals surface area contributed by atoms with E-state index in [0.29, 0.717) is 12.4 Å². The molecule has 16 heavy (non-hydrogen) atoms. The standard InChI is InChI=1S/C9H7Br3N4/c10-5-1-6(11)8(14-2-5)4-16-9(13)7(12)3-15-16/h1-3H,4,13H2. The first-order chi connectivity index (χ1) is 7.58. The van der Waals surface area contributed by atoms with Gasteiger partial charge in [-0.05, 0) is 53.9 Å². The maximum absolute atomic E-state index is 5.83. The van der Waals surface area contributed by atoms with Gasteiger partial charge in [0.15, 0.2) is 0 Å². The molecule has 0 fully saturated rings. The third-order valence-electron chi connectivity index (χ3n) is 2.02. The van der Waals surface area contributed by atoms with Crippen molar-refractivity contribution in [2.24, 2.45) is 0 Å². The predicted molar refractivity (Wildman–Crippen MR) is 73.1 cm³/mol. The average molecular weight is 411 g/mol. The highest BCUT2D eigenvalue weighted by atomic mass is 79.9. The summed E-state index contributed by atoms with van der Waals surface area (Å²) in [7, 11) is 0. The van der Waals surface area contributed by atoms with Gasteiger partial charge in [0, 0.05) is 15.1 Å². The van der Waals surface area contributed by atoms with Crippen LogP contribution in [0.3, 0.4) is 0 Å². The number of anilines is 1. The molecule has 2 aromatic heterocycles. The van der Waals surface area contributed by atoms with Gasteiger partial charge in [0.05, 0.1) is 22.9 Å². The fraction of sp³-hybridized carbons (Fsp3) is 0.111. The SMILES string of the molecule is Nc1c(Br)cnn1Cc1ncc(Br)cc1Br. The molecule has 84 valence electrons. The lowest BCUT2D eigenvalue weighted by Gasteiger charge is -2.06. The van der Waals surface area contributed by atoms with Gasteiger partial charge in [-0.2, -0.15) is 5.10 Å². The van der Waals surface area contributed by atoms with Crippen LogP contribution >= 0.6 is 47.8 Å². The predicted octanol–water partition coefficient (Wildman–Crippen LogP) is 3.20.